The van der Waals surface area contributed by atoms with E-state index < -0.39 is 15.6 Å². The molecule has 6 heteroatoms. The maximum Gasteiger partial charge on any atom is 0.241 e. The lowest BCUT2D eigenvalue weighted by Gasteiger charge is -2.22. The highest BCUT2D eigenvalue weighted by Crippen LogP contribution is 2.29. The van der Waals surface area contributed by atoms with E-state index in [1.54, 1.807) is 26.0 Å². The van der Waals surface area contributed by atoms with Gasteiger partial charge in [-0.15, -0.1) is 0 Å². The minimum absolute atomic E-state index is 0.0582. The first-order valence-electron chi connectivity index (χ1n) is 6.82. The number of sulfonamides is 1. The Morgan fingerprint density at radius 3 is 2.50 bits per heavy atom. The number of aryl methyl sites for hydroxylation is 1. The van der Waals surface area contributed by atoms with E-state index in [-0.39, 0.29) is 11.4 Å². The van der Waals surface area contributed by atoms with Gasteiger partial charge in [-0.3, -0.25) is 0 Å². The Kier molecular flexibility index (Phi) is 4.09. The lowest BCUT2D eigenvalue weighted by molar-refractivity contribution is 0.0532. The van der Waals surface area contributed by atoms with Gasteiger partial charge in [0, 0.05) is 12.2 Å². The number of hydrogen-bond donors (Lipinski definition) is 3. The molecule has 1 aromatic carbocycles. The van der Waals surface area contributed by atoms with Crippen LogP contribution in [-0.2, 0) is 10.0 Å². The van der Waals surface area contributed by atoms with Crippen LogP contribution in [0.3, 0.4) is 0 Å². The maximum absolute atomic E-state index is 12.4. The first-order valence-corrected chi connectivity index (χ1v) is 8.31. The number of benzene rings is 1. The third-order valence-corrected chi connectivity index (χ3v) is 5.49. The van der Waals surface area contributed by atoms with E-state index in [4.69, 9.17) is 5.73 Å². The number of nitrogens with two attached hydrogens (primary N) is 1. The molecule has 2 rings (SSSR count). The molecule has 0 aliphatic heterocycles. The smallest absolute Gasteiger partial charge is 0.241 e. The summed E-state index contributed by atoms with van der Waals surface area (Å²) >= 11 is 0. The van der Waals surface area contributed by atoms with Crippen molar-refractivity contribution in [2.24, 2.45) is 0 Å². The summed E-state index contributed by atoms with van der Waals surface area (Å²) in [5, 5.41) is 10.2. The van der Waals surface area contributed by atoms with Gasteiger partial charge in [-0.05, 0) is 49.9 Å². The number of aliphatic hydroxyl groups is 1. The van der Waals surface area contributed by atoms with Crippen LogP contribution in [0.4, 0.5) is 5.69 Å². The molecule has 1 aliphatic rings. The van der Waals surface area contributed by atoms with Gasteiger partial charge in [0.1, 0.15) is 0 Å². The Morgan fingerprint density at radius 1 is 1.30 bits per heavy atom. The molecule has 0 bridgehead atoms. The topological polar surface area (TPSA) is 92.4 Å². The lowest BCUT2D eigenvalue weighted by atomic mass is 10.0. The zero-order chi connectivity index (χ0) is 15.0. The molecule has 4 N–H and O–H groups in total. The van der Waals surface area contributed by atoms with Crippen LogP contribution in [0, 0.1) is 13.8 Å². The van der Waals surface area contributed by atoms with Crippen molar-refractivity contribution in [3.63, 3.8) is 0 Å². The molecule has 20 heavy (non-hydrogen) atoms. The van der Waals surface area contributed by atoms with E-state index in [9.17, 15) is 13.5 Å². The van der Waals surface area contributed by atoms with E-state index >= 15 is 0 Å². The molecule has 0 unspecified atom stereocenters. The van der Waals surface area contributed by atoms with Gasteiger partial charge in [0.05, 0.1) is 10.5 Å². The van der Waals surface area contributed by atoms with Gasteiger partial charge < -0.3 is 10.8 Å². The van der Waals surface area contributed by atoms with Crippen LogP contribution in [0.5, 0.6) is 0 Å². The second kappa shape index (κ2) is 5.35. The van der Waals surface area contributed by atoms with Crippen LogP contribution in [0.1, 0.15) is 36.8 Å². The fourth-order valence-corrected chi connectivity index (χ4v) is 4.12. The van der Waals surface area contributed by atoms with Crippen molar-refractivity contribution >= 4 is 15.7 Å². The molecule has 1 fully saturated rings. The minimum atomic E-state index is -3.65. The van der Waals surface area contributed by atoms with Crippen LogP contribution >= 0.6 is 0 Å². The Hall–Kier alpha value is -1.11. The molecule has 0 amide bonds. The van der Waals surface area contributed by atoms with Gasteiger partial charge in [0.25, 0.3) is 0 Å². The highest BCUT2D eigenvalue weighted by molar-refractivity contribution is 7.89. The van der Waals surface area contributed by atoms with E-state index in [0.717, 1.165) is 18.4 Å². The van der Waals surface area contributed by atoms with Crippen molar-refractivity contribution in [3.05, 3.63) is 23.3 Å². The number of nitrogen functional groups attached to an aromatic ring is 1. The van der Waals surface area contributed by atoms with Crippen molar-refractivity contribution in [1.82, 2.24) is 4.72 Å². The Morgan fingerprint density at radius 2 is 1.90 bits per heavy atom. The molecule has 0 aromatic heterocycles. The quantitative estimate of drug-likeness (QED) is 0.734. The highest BCUT2D eigenvalue weighted by atomic mass is 32.2. The monoisotopic (exact) mass is 298 g/mol. The zero-order valence-electron chi connectivity index (χ0n) is 11.9. The van der Waals surface area contributed by atoms with E-state index in [2.05, 4.69) is 4.72 Å². The number of nitrogens with one attached hydrogen (secondary N) is 1. The van der Waals surface area contributed by atoms with Crippen molar-refractivity contribution in [1.29, 1.82) is 0 Å². The Labute approximate surface area is 120 Å². The van der Waals surface area contributed by atoms with Crippen LogP contribution < -0.4 is 10.5 Å². The second-order valence-corrected chi connectivity index (χ2v) is 7.47. The van der Waals surface area contributed by atoms with Crippen molar-refractivity contribution in [3.8, 4) is 0 Å². The summed E-state index contributed by atoms with van der Waals surface area (Å²) in [5.41, 5.74) is 6.72. The number of anilines is 1. The molecule has 1 aromatic rings. The van der Waals surface area contributed by atoms with Gasteiger partial charge in [-0.25, -0.2) is 13.1 Å². The van der Waals surface area contributed by atoms with Gasteiger partial charge in [-0.1, -0.05) is 12.8 Å². The van der Waals surface area contributed by atoms with Crippen LogP contribution in [-0.4, -0.2) is 25.7 Å². The minimum Gasteiger partial charge on any atom is -0.398 e. The fourth-order valence-electron chi connectivity index (χ4n) is 2.65. The van der Waals surface area contributed by atoms with Crippen molar-refractivity contribution in [2.75, 3.05) is 12.3 Å². The first-order chi connectivity index (χ1) is 9.23. The molecule has 0 atom stereocenters. The van der Waals surface area contributed by atoms with E-state index in [1.165, 1.54) is 0 Å². The zero-order valence-corrected chi connectivity index (χ0v) is 12.8. The summed E-state index contributed by atoms with van der Waals surface area (Å²) < 4.78 is 27.3. The van der Waals surface area contributed by atoms with Crippen LogP contribution in [0.25, 0.3) is 0 Å². The normalized spacial score (nSPS) is 18.4. The van der Waals surface area contributed by atoms with Gasteiger partial charge in [0.2, 0.25) is 10.0 Å². The highest BCUT2D eigenvalue weighted by Gasteiger charge is 2.32. The van der Waals surface area contributed by atoms with Crippen LogP contribution in [0.15, 0.2) is 17.0 Å². The molecule has 1 saturated carbocycles. The molecular formula is C14H22N2O3S. The Balaban J connectivity index is 2.22. The number of rotatable bonds is 4. The van der Waals surface area contributed by atoms with Crippen LogP contribution in [0.2, 0.25) is 0 Å². The third-order valence-electron chi connectivity index (χ3n) is 3.96. The summed E-state index contributed by atoms with van der Waals surface area (Å²) in [7, 11) is -3.65. The van der Waals surface area contributed by atoms with Gasteiger partial charge in [0.15, 0.2) is 0 Å². The Bertz CT molecular complexity index is 605. The largest absolute Gasteiger partial charge is 0.398 e. The summed E-state index contributed by atoms with van der Waals surface area (Å²) in [4.78, 5) is 0.191. The third kappa shape index (κ3) is 3.13. The summed E-state index contributed by atoms with van der Waals surface area (Å²) in [6, 6.07) is 3.35. The summed E-state index contributed by atoms with van der Waals surface area (Å²) in [5.74, 6) is 0. The van der Waals surface area contributed by atoms with Gasteiger partial charge >= 0.3 is 0 Å². The lowest BCUT2D eigenvalue weighted by Crippen LogP contribution is -2.40. The van der Waals surface area contributed by atoms with Crippen molar-refractivity contribution < 1.29 is 13.5 Å². The molecule has 0 heterocycles. The molecule has 0 radical (unpaired) electrons. The molecule has 0 saturated heterocycles. The fraction of sp³-hybridized carbons (Fsp3) is 0.571. The molecular weight excluding hydrogens is 276 g/mol. The average molecular weight is 298 g/mol. The second-order valence-electron chi connectivity index (χ2n) is 5.73. The summed E-state index contributed by atoms with van der Waals surface area (Å²) in [6.45, 7) is 3.55. The summed E-state index contributed by atoms with van der Waals surface area (Å²) in [6.07, 6.45) is 3.16. The molecule has 1 aliphatic carbocycles. The molecule has 112 valence electrons. The first kappa shape index (κ1) is 15.3. The molecule has 5 nitrogen and oxygen atoms in total. The van der Waals surface area contributed by atoms with E-state index in [0.29, 0.717) is 24.1 Å². The average Bonchev–Trinajstić information content (AvgIpc) is 2.79. The SMILES string of the molecule is Cc1cc(N)c(C)c(S(=O)(=O)NCC2(O)CCCC2)c1. The predicted molar refractivity (Wildman–Crippen MR) is 78.9 cm³/mol. The molecule has 0 spiro atoms. The maximum atomic E-state index is 12.4. The van der Waals surface area contributed by atoms with E-state index in [1.807, 2.05) is 0 Å². The van der Waals surface area contributed by atoms with Gasteiger partial charge in [-0.2, -0.15) is 0 Å². The predicted octanol–water partition coefficient (Wildman–Crippen LogP) is 1.47. The van der Waals surface area contributed by atoms with Crippen molar-refractivity contribution in [2.45, 2.75) is 50.0 Å². The standard InChI is InChI=1S/C14H22N2O3S/c1-10-7-12(15)11(2)13(8-10)20(18,19)16-9-14(17)5-3-4-6-14/h7-8,16-17H,3-6,9,15H2,1-2H3. The number of hydrogen-bond acceptors (Lipinski definition) is 4.